The molecule has 34 heavy (non-hydrogen) atoms. The molecule has 2 saturated heterocycles. The Balaban J connectivity index is 1.34. The first-order valence-corrected chi connectivity index (χ1v) is 12.8. The Morgan fingerprint density at radius 2 is 1.74 bits per heavy atom. The Bertz CT molecular complexity index is 957. The average molecular weight is 469 g/mol. The minimum Gasteiger partial charge on any atom is -0.368 e. The van der Waals surface area contributed by atoms with E-state index >= 15 is 0 Å². The predicted octanol–water partition coefficient (Wildman–Crippen LogP) is 3.87. The van der Waals surface area contributed by atoms with Crippen molar-refractivity contribution in [1.29, 1.82) is 0 Å². The monoisotopic (exact) mass is 468 g/mol. The molecule has 1 saturated carbocycles. The quantitative estimate of drug-likeness (QED) is 0.666. The number of urea groups is 1. The van der Waals surface area contributed by atoms with Crippen molar-refractivity contribution in [3.05, 3.63) is 29.3 Å². The van der Waals surface area contributed by atoms with Crippen LogP contribution in [0.15, 0.2) is 18.2 Å². The van der Waals surface area contributed by atoms with Gasteiger partial charge in [-0.1, -0.05) is 39.3 Å². The van der Waals surface area contributed by atoms with Crippen LogP contribution in [0.4, 0.5) is 10.5 Å². The minimum atomic E-state index is -0.820. The molecule has 4 amide bonds. The third kappa shape index (κ3) is 4.41. The van der Waals surface area contributed by atoms with E-state index in [0.29, 0.717) is 31.8 Å². The van der Waals surface area contributed by atoms with Crippen LogP contribution in [-0.4, -0.2) is 65.9 Å². The van der Waals surface area contributed by atoms with E-state index in [0.717, 1.165) is 37.3 Å². The number of rotatable bonds is 5. The fraction of sp³-hybridized carbons (Fsp3) is 0.667. The number of nitrogens with zero attached hydrogens (tertiary/aromatic N) is 3. The molecule has 186 valence electrons. The van der Waals surface area contributed by atoms with Crippen LogP contribution < -0.4 is 10.2 Å². The van der Waals surface area contributed by atoms with Crippen LogP contribution in [-0.2, 0) is 9.59 Å². The number of imide groups is 1. The molecule has 1 aromatic carbocycles. The van der Waals surface area contributed by atoms with Crippen LogP contribution >= 0.6 is 0 Å². The Kier molecular flexibility index (Phi) is 6.67. The van der Waals surface area contributed by atoms with E-state index in [9.17, 15) is 14.4 Å². The van der Waals surface area contributed by atoms with Gasteiger partial charge < -0.3 is 15.1 Å². The van der Waals surface area contributed by atoms with E-state index in [4.69, 9.17) is 0 Å². The average Bonchev–Trinajstić information content (AvgIpc) is 3.05. The molecule has 0 unspecified atom stereocenters. The van der Waals surface area contributed by atoms with E-state index in [-0.39, 0.29) is 23.8 Å². The standard InChI is InChI=1S/C27H40N4O3/c1-6-26(4,5)21-10-12-27(13-11-21)24(33)31(25(34)28-27)18-23(32)30-16-14-29(15-17-30)22-9-7-8-19(2)20(22)3/h7-9,21H,6,10-18H2,1-5H3,(H,28,34). The third-order valence-electron chi connectivity index (χ3n) is 8.94. The van der Waals surface area contributed by atoms with Gasteiger partial charge in [0, 0.05) is 31.9 Å². The maximum Gasteiger partial charge on any atom is 0.325 e. The van der Waals surface area contributed by atoms with Gasteiger partial charge in [-0.3, -0.25) is 14.5 Å². The maximum absolute atomic E-state index is 13.3. The Labute approximate surface area is 203 Å². The van der Waals surface area contributed by atoms with Crippen LogP contribution in [0.2, 0.25) is 0 Å². The van der Waals surface area contributed by atoms with Crippen molar-refractivity contribution in [2.75, 3.05) is 37.6 Å². The van der Waals surface area contributed by atoms with Crippen molar-refractivity contribution >= 4 is 23.5 Å². The molecule has 3 aliphatic rings. The van der Waals surface area contributed by atoms with Crippen LogP contribution in [0.25, 0.3) is 0 Å². The number of nitrogens with one attached hydrogen (secondary N) is 1. The lowest BCUT2D eigenvalue weighted by molar-refractivity contribution is -0.140. The molecule has 2 heterocycles. The molecule has 2 aliphatic heterocycles. The van der Waals surface area contributed by atoms with Crippen molar-refractivity contribution in [2.45, 2.75) is 72.3 Å². The van der Waals surface area contributed by atoms with Crippen LogP contribution in [0, 0.1) is 25.2 Å². The van der Waals surface area contributed by atoms with Gasteiger partial charge in [0.15, 0.2) is 0 Å². The van der Waals surface area contributed by atoms with Crippen molar-refractivity contribution in [3.63, 3.8) is 0 Å². The third-order valence-corrected chi connectivity index (χ3v) is 8.94. The molecule has 7 nitrogen and oxygen atoms in total. The number of benzene rings is 1. The van der Waals surface area contributed by atoms with Crippen LogP contribution in [0.1, 0.15) is 64.0 Å². The van der Waals surface area contributed by atoms with E-state index in [1.165, 1.54) is 16.8 Å². The van der Waals surface area contributed by atoms with Crippen LogP contribution in [0.5, 0.6) is 0 Å². The number of carbonyl (C=O) groups is 3. The van der Waals surface area contributed by atoms with Gasteiger partial charge in [-0.05, 0) is 68.1 Å². The summed E-state index contributed by atoms with van der Waals surface area (Å²) in [7, 11) is 0. The lowest BCUT2D eigenvalue weighted by atomic mass is 9.65. The molecular weight excluding hydrogens is 428 g/mol. The molecule has 0 radical (unpaired) electrons. The molecular formula is C27H40N4O3. The van der Waals surface area contributed by atoms with E-state index in [1.54, 1.807) is 4.90 Å². The summed E-state index contributed by atoms with van der Waals surface area (Å²) in [6.45, 7) is 13.5. The van der Waals surface area contributed by atoms with Gasteiger partial charge >= 0.3 is 6.03 Å². The van der Waals surface area contributed by atoms with Gasteiger partial charge in [0.2, 0.25) is 5.91 Å². The first-order chi connectivity index (χ1) is 16.1. The molecule has 0 bridgehead atoms. The lowest BCUT2D eigenvalue weighted by Gasteiger charge is -2.42. The van der Waals surface area contributed by atoms with Crippen LogP contribution in [0.3, 0.4) is 0 Å². The highest BCUT2D eigenvalue weighted by atomic mass is 16.2. The SMILES string of the molecule is CCC(C)(C)C1CCC2(CC1)NC(=O)N(CC(=O)N1CCN(c3cccc(C)c3C)CC1)C2=O. The summed E-state index contributed by atoms with van der Waals surface area (Å²) in [6, 6.07) is 5.89. The van der Waals surface area contributed by atoms with Crippen molar-refractivity contribution in [2.24, 2.45) is 11.3 Å². The van der Waals surface area contributed by atoms with Crippen molar-refractivity contribution < 1.29 is 14.4 Å². The zero-order valence-electron chi connectivity index (χ0n) is 21.4. The normalized spacial score (nSPS) is 25.8. The first kappa shape index (κ1) is 24.6. The molecule has 1 N–H and O–H groups in total. The Morgan fingerprint density at radius 1 is 1.09 bits per heavy atom. The molecule has 1 aliphatic carbocycles. The second-order valence-corrected chi connectivity index (χ2v) is 11.1. The number of carbonyl (C=O) groups excluding carboxylic acids is 3. The summed E-state index contributed by atoms with van der Waals surface area (Å²) in [4.78, 5) is 44.3. The lowest BCUT2D eigenvalue weighted by Crippen LogP contribution is -2.53. The fourth-order valence-corrected chi connectivity index (χ4v) is 5.85. The predicted molar refractivity (Wildman–Crippen MR) is 134 cm³/mol. The molecule has 1 spiro atoms. The Morgan fingerprint density at radius 3 is 2.35 bits per heavy atom. The van der Waals surface area contributed by atoms with Gasteiger partial charge in [0.05, 0.1) is 0 Å². The number of amides is 4. The maximum atomic E-state index is 13.3. The van der Waals surface area contributed by atoms with Gasteiger partial charge in [-0.2, -0.15) is 0 Å². The molecule has 7 heteroatoms. The smallest absolute Gasteiger partial charge is 0.325 e. The Hall–Kier alpha value is -2.57. The number of hydrogen-bond acceptors (Lipinski definition) is 4. The number of hydrogen-bond donors (Lipinski definition) is 1. The summed E-state index contributed by atoms with van der Waals surface area (Å²) in [5.41, 5.74) is 3.16. The van der Waals surface area contributed by atoms with Gasteiger partial charge in [0.25, 0.3) is 5.91 Å². The highest BCUT2D eigenvalue weighted by Crippen LogP contribution is 2.45. The fourth-order valence-electron chi connectivity index (χ4n) is 5.85. The van der Waals surface area contributed by atoms with E-state index in [2.05, 4.69) is 63.0 Å². The van der Waals surface area contributed by atoms with Crippen molar-refractivity contribution in [3.8, 4) is 0 Å². The first-order valence-electron chi connectivity index (χ1n) is 12.8. The zero-order valence-corrected chi connectivity index (χ0v) is 21.4. The summed E-state index contributed by atoms with van der Waals surface area (Å²) in [5.74, 6) is 0.187. The van der Waals surface area contributed by atoms with E-state index < -0.39 is 11.6 Å². The molecule has 1 aromatic rings. The summed E-state index contributed by atoms with van der Waals surface area (Å²) in [5, 5.41) is 2.97. The molecule has 3 fully saturated rings. The van der Waals surface area contributed by atoms with Gasteiger partial charge in [-0.15, -0.1) is 0 Å². The highest BCUT2D eigenvalue weighted by Gasteiger charge is 2.54. The second-order valence-electron chi connectivity index (χ2n) is 11.1. The van der Waals surface area contributed by atoms with Gasteiger partial charge in [0.1, 0.15) is 12.1 Å². The summed E-state index contributed by atoms with van der Waals surface area (Å²) >= 11 is 0. The molecule has 0 aromatic heterocycles. The molecule has 0 atom stereocenters. The minimum absolute atomic E-state index is 0.151. The summed E-state index contributed by atoms with van der Waals surface area (Å²) in [6.07, 6.45) is 4.27. The number of piperazine rings is 1. The summed E-state index contributed by atoms with van der Waals surface area (Å²) < 4.78 is 0. The zero-order chi connectivity index (χ0) is 24.7. The largest absolute Gasteiger partial charge is 0.368 e. The second kappa shape index (κ2) is 9.23. The topological polar surface area (TPSA) is 73.0 Å². The van der Waals surface area contributed by atoms with Gasteiger partial charge in [-0.25, -0.2) is 4.79 Å². The highest BCUT2D eigenvalue weighted by molar-refractivity contribution is 6.09. The number of anilines is 1. The molecule has 4 rings (SSSR count). The van der Waals surface area contributed by atoms with E-state index in [1.807, 2.05) is 0 Å². The van der Waals surface area contributed by atoms with Crippen molar-refractivity contribution in [1.82, 2.24) is 15.1 Å². The number of aryl methyl sites for hydroxylation is 1.